The fourth-order valence-electron chi connectivity index (χ4n) is 1.72. The van der Waals surface area contributed by atoms with Gasteiger partial charge < -0.3 is 5.32 Å². The molecule has 0 saturated carbocycles. The van der Waals surface area contributed by atoms with Crippen molar-refractivity contribution >= 4 is 17.3 Å². The van der Waals surface area contributed by atoms with Gasteiger partial charge in [0, 0.05) is 11.6 Å². The Morgan fingerprint density at radius 1 is 1.26 bits per heavy atom. The maximum atomic E-state index is 4.28. The largest absolute Gasteiger partial charge is 0.344 e. The van der Waals surface area contributed by atoms with Crippen LogP contribution in [0.2, 0.25) is 0 Å². The normalized spacial score (nSPS) is 12.3. The van der Waals surface area contributed by atoms with Gasteiger partial charge in [-0.15, -0.1) is 11.3 Å². The smallest absolute Gasteiger partial charge is 0.248 e. The molecule has 1 N–H and O–H groups in total. The van der Waals surface area contributed by atoms with Crippen molar-refractivity contribution in [2.45, 2.75) is 13.0 Å². The number of para-hydroxylation sites is 1. The summed E-state index contributed by atoms with van der Waals surface area (Å²) in [5, 5.41) is 17.9. The van der Waals surface area contributed by atoms with Crippen LogP contribution in [0.3, 0.4) is 0 Å². The highest BCUT2D eigenvalue weighted by atomic mass is 32.1. The molecular weight excluding hydrogens is 260 g/mol. The van der Waals surface area contributed by atoms with Crippen molar-refractivity contribution in [3.63, 3.8) is 0 Å². The third-order valence-corrected chi connectivity index (χ3v) is 3.60. The van der Waals surface area contributed by atoms with Gasteiger partial charge in [-0.05, 0) is 29.5 Å². The summed E-state index contributed by atoms with van der Waals surface area (Å²) in [5.41, 5.74) is 0.918. The molecule has 3 aromatic rings. The third-order valence-electron chi connectivity index (χ3n) is 2.64. The standard InChI is InChI=1S/C12H12N6S/c1-9(11-13-7-8-19-11)14-12-15-16-17-18(12)10-5-3-2-4-6-10/h2-9H,1H3,(H,14,15,17). The number of hydrogen-bond donors (Lipinski definition) is 1. The lowest BCUT2D eigenvalue weighted by atomic mass is 10.3. The van der Waals surface area contributed by atoms with Gasteiger partial charge in [0.15, 0.2) is 0 Å². The molecule has 0 saturated heterocycles. The number of aromatic nitrogens is 5. The molecular formula is C12H12N6S. The number of tetrazole rings is 1. The van der Waals surface area contributed by atoms with E-state index in [0.717, 1.165) is 10.7 Å². The molecule has 0 aliphatic rings. The van der Waals surface area contributed by atoms with E-state index in [1.54, 1.807) is 22.2 Å². The summed E-state index contributed by atoms with van der Waals surface area (Å²) in [5.74, 6) is 0.605. The van der Waals surface area contributed by atoms with Crippen molar-refractivity contribution in [3.8, 4) is 5.69 Å². The Labute approximate surface area is 114 Å². The van der Waals surface area contributed by atoms with Gasteiger partial charge in [0.05, 0.1) is 11.7 Å². The molecule has 96 valence electrons. The van der Waals surface area contributed by atoms with Gasteiger partial charge in [-0.25, -0.2) is 4.98 Å². The number of benzene rings is 1. The van der Waals surface area contributed by atoms with Crippen molar-refractivity contribution < 1.29 is 0 Å². The number of nitrogens with zero attached hydrogens (tertiary/aromatic N) is 5. The molecule has 0 bridgehead atoms. The van der Waals surface area contributed by atoms with Gasteiger partial charge in [-0.3, -0.25) is 0 Å². The second-order valence-electron chi connectivity index (χ2n) is 3.99. The van der Waals surface area contributed by atoms with Crippen LogP contribution in [0.15, 0.2) is 41.9 Å². The lowest BCUT2D eigenvalue weighted by molar-refractivity contribution is 0.779. The van der Waals surface area contributed by atoms with E-state index in [1.165, 1.54) is 0 Å². The Kier molecular flexibility index (Phi) is 3.20. The monoisotopic (exact) mass is 272 g/mol. The summed E-state index contributed by atoms with van der Waals surface area (Å²) in [6.07, 6.45) is 1.79. The molecule has 0 spiro atoms. The lowest BCUT2D eigenvalue weighted by Gasteiger charge is -2.11. The first-order valence-corrected chi connectivity index (χ1v) is 6.72. The Morgan fingerprint density at radius 2 is 2.11 bits per heavy atom. The van der Waals surface area contributed by atoms with Crippen LogP contribution in [0.5, 0.6) is 0 Å². The van der Waals surface area contributed by atoms with Crippen LogP contribution in [0, 0.1) is 0 Å². The van der Waals surface area contributed by atoms with Crippen molar-refractivity contribution in [2.75, 3.05) is 5.32 Å². The number of thiazole rings is 1. The zero-order chi connectivity index (χ0) is 13.1. The molecule has 1 aromatic carbocycles. The summed E-state index contributed by atoms with van der Waals surface area (Å²) in [4.78, 5) is 4.28. The topological polar surface area (TPSA) is 68.5 Å². The molecule has 0 fully saturated rings. The molecule has 6 nitrogen and oxygen atoms in total. The molecule has 0 amide bonds. The quantitative estimate of drug-likeness (QED) is 0.789. The predicted octanol–water partition coefficient (Wildman–Crippen LogP) is 2.29. The Hall–Kier alpha value is -2.28. The summed E-state index contributed by atoms with van der Waals surface area (Å²) in [7, 11) is 0. The van der Waals surface area contributed by atoms with Gasteiger partial charge in [-0.1, -0.05) is 23.3 Å². The van der Waals surface area contributed by atoms with Gasteiger partial charge >= 0.3 is 0 Å². The average molecular weight is 272 g/mol. The highest BCUT2D eigenvalue weighted by molar-refractivity contribution is 7.09. The zero-order valence-corrected chi connectivity index (χ0v) is 11.1. The van der Waals surface area contributed by atoms with E-state index < -0.39 is 0 Å². The first kappa shape index (κ1) is 11.8. The van der Waals surface area contributed by atoms with Gasteiger partial charge in [0.2, 0.25) is 5.95 Å². The SMILES string of the molecule is CC(Nc1nnnn1-c1ccccc1)c1nccs1. The van der Waals surface area contributed by atoms with E-state index in [-0.39, 0.29) is 6.04 Å². The summed E-state index contributed by atoms with van der Waals surface area (Å²) >= 11 is 1.60. The summed E-state index contributed by atoms with van der Waals surface area (Å²) in [6.45, 7) is 2.03. The zero-order valence-electron chi connectivity index (χ0n) is 10.3. The van der Waals surface area contributed by atoms with E-state index in [2.05, 4.69) is 25.8 Å². The van der Waals surface area contributed by atoms with Crippen LogP contribution in [0.4, 0.5) is 5.95 Å². The van der Waals surface area contributed by atoms with Crippen LogP contribution < -0.4 is 5.32 Å². The third kappa shape index (κ3) is 2.45. The van der Waals surface area contributed by atoms with E-state index in [1.807, 2.05) is 42.6 Å². The Balaban J connectivity index is 1.85. The molecule has 2 heterocycles. The fourth-order valence-corrected chi connectivity index (χ4v) is 2.37. The number of rotatable bonds is 4. The Bertz CT molecular complexity index is 633. The van der Waals surface area contributed by atoms with Crippen molar-refractivity contribution in [1.29, 1.82) is 0 Å². The predicted molar refractivity (Wildman–Crippen MR) is 73.3 cm³/mol. The molecule has 0 aliphatic carbocycles. The van der Waals surface area contributed by atoms with Crippen LogP contribution >= 0.6 is 11.3 Å². The maximum Gasteiger partial charge on any atom is 0.248 e. The first-order chi connectivity index (χ1) is 9.34. The minimum Gasteiger partial charge on any atom is -0.344 e. The molecule has 0 radical (unpaired) electrons. The van der Waals surface area contributed by atoms with Gasteiger partial charge in [-0.2, -0.15) is 4.68 Å². The highest BCUT2D eigenvalue weighted by Crippen LogP contribution is 2.20. The number of nitrogens with one attached hydrogen (secondary N) is 1. The number of anilines is 1. The second-order valence-corrected chi connectivity index (χ2v) is 4.91. The van der Waals surface area contributed by atoms with Gasteiger partial charge in [0.25, 0.3) is 0 Å². The van der Waals surface area contributed by atoms with E-state index >= 15 is 0 Å². The Morgan fingerprint density at radius 3 is 2.84 bits per heavy atom. The van der Waals surface area contributed by atoms with E-state index in [9.17, 15) is 0 Å². The van der Waals surface area contributed by atoms with Crippen molar-refractivity contribution in [2.24, 2.45) is 0 Å². The van der Waals surface area contributed by atoms with E-state index in [4.69, 9.17) is 0 Å². The molecule has 3 rings (SSSR count). The van der Waals surface area contributed by atoms with Crippen LogP contribution in [-0.2, 0) is 0 Å². The summed E-state index contributed by atoms with van der Waals surface area (Å²) < 4.78 is 1.67. The molecule has 1 atom stereocenters. The number of hydrogen-bond acceptors (Lipinski definition) is 6. The molecule has 0 aliphatic heterocycles. The molecule has 19 heavy (non-hydrogen) atoms. The lowest BCUT2D eigenvalue weighted by Crippen LogP contribution is -2.11. The minimum atomic E-state index is 0.0634. The average Bonchev–Trinajstić information content (AvgIpc) is 3.11. The molecule has 1 unspecified atom stereocenters. The van der Waals surface area contributed by atoms with Crippen LogP contribution in [0.25, 0.3) is 5.69 Å². The molecule has 7 heteroatoms. The van der Waals surface area contributed by atoms with Crippen LogP contribution in [0.1, 0.15) is 18.0 Å². The summed E-state index contributed by atoms with van der Waals surface area (Å²) in [6, 6.07) is 9.83. The fraction of sp³-hybridized carbons (Fsp3) is 0.167. The minimum absolute atomic E-state index is 0.0634. The maximum absolute atomic E-state index is 4.28. The highest BCUT2D eigenvalue weighted by Gasteiger charge is 2.13. The van der Waals surface area contributed by atoms with Gasteiger partial charge in [0.1, 0.15) is 5.01 Å². The van der Waals surface area contributed by atoms with Crippen molar-refractivity contribution in [3.05, 3.63) is 46.9 Å². The first-order valence-electron chi connectivity index (χ1n) is 5.84. The van der Waals surface area contributed by atoms with Crippen molar-refractivity contribution in [1.82, 2.24) is 25.2 Å². The van der Waals surface area contributed by atoms with Crippen LogP contribution in [-0.4, -0.2) is 25.2 Å². The van der Waals surface area contributed by atoms with E-state index in [0.29, 0.717) is 5.95 Å². The second kappa shape index (κ2) is 5.15. The molecule has 2 aromatic heterocycles.